The number of aryl methyl sites for hydroxylation is 1. The molecule has 10 nitrogen and oxygen atoms in total. The number of fused-ring (bicyclic) bond motifs is 3. The normalized spacial score (nSPS) is 16.7. The number of nitrogens with zero attached hydrogens (tertiary/aromatic N) is 5. The second-order valence-electron chi connectivity index (χ2n) is 8.40. The highest BCUT2D eigenvalue weighted by atomic mass is 19.1. The first-order chi connectivity index (χ1) is 15.7. The van der Waals surface area contributed by atoms with Gasteiger partial charge in [-0.25, -0.2) is 19.0 Å². The second kappa shape index (κ2) is 7.54. The number of anilines is 4. The molecule has 0 unspecified atom stereocenters. The highest BCUT2D eigenvalue weighted by molar-refractivity contribution is 6.01. The molecule has 4 N–H and O–H groups in total. The largest absolute Gasteiger partial charge is 0.365 e. The maximum absolute atomic E-state index is 14.7. The Balaban J connectivity index is 1.60. The van der Waals surface area contributed by atoms with E-state index in [1.807, 2.05) is 18.9 Å². The minimum atomic E-state index is -0.703. The summed E-state index contributed by atoms with van der Waals surface area (Å²) in [6, 6.07) is 4.12. The lowest BCUT2D eigenvalue weighted by Crippen LogP contribution is -2.31. The van der Waals surface area contributed by atoms with Gasteiger partial charge in [-0.15, -0.1) is 0 Å². The number of hydrogen-bond acceptors (Lipinski definition) is 7. The van der Waals surface area contributed by atoms with Gasteiger partial charge in [0.15, 0.2) is 5.82 Å². The monoisotopic (exact) mass is 450 g/mol. The van der Waals surface area contributed by atoms with Gasteiger partial charge in [0.2, 0.25) is 5.91 Å². The van der Waals surface area contributed by atoms with Crippen molar-refractivity contribution in [1.29, 1.82) is 0 Å². The number of nitrogens with one attached hydrogen (secondary N) is 2. The van der Waals surface area contributed by atoms with E-state index in [0.29, 0.717) is 34.4 Å². The molecular weight excluding hydrogens is 427 g/mol. The predicted molar refractivity (Wildman–Crippen MR) is 120 cm³/mol. The molecule has 2 aliphatic rings. The number of carbonyl (C=O) groups excluding carboxylic acids is 2. The Morgan fingerprint density at radius 2 is 1.97 bits per heavy atom. The standard InChI is InChI=1S/C22H23FN8O2/c1-10-21-26-11(2)29-31(21)17-7-13(23)6-16(19(17)30(10)3)27-15-8-18(25-9-14(15)20(24)32)28-22(33)12-4-5-12/h6-10,12H,4-5H2,1-3H3,(H2,24,32)(H2,25,27,28,33)/t10-/m1/s1. The molecule has 170 valence electrons. The summed E-state index contributed by atoms with van der Waals surface area (Å²) in [5.41, 5.74) is 7.57. The molecule has 1 atom stereocenters. The lowest BCUT2D eigenvalue weighted by molar-refractivity contribution is -0.117. The van der Waals surface area contributed by atoms with E-state index < -0.39 is 11.7 Å². The predicted octanol–water partition coefficient (Wildman–Crippen LogP) is 2.81. The van der Waals surface area contributed by atoms with Crippen LogP contribution in [0.5, 0.6) is 0 Å². The SMILES string of the molecule is Cc1nc2n(n1)-c1cc(F)cc(Nc3cc(NC(=O)C4CC4)ncc3C(N)=O)c1N(C)[C@@H]2C. The van der Waals surface area contributed by atoms with Crippen LogP contribution in [-0.2, 0) is 4.79 Å². The van der Waals surface area contributed by atoms with Crippen molar-refractivity contribution in [3.63, 3.8) is 0 Å². The lowest BCUT2D eigenvalue weighted by atomic mass is 10.1. The van der Waals surface area contributed by atoms with Gasteiger partial charge in [0.05, 0.1) is 34.4 Å². The highest BCUT2D eigenvalue weighted by Crippen LogP contribution is 2.43. The zero-order chi connectivity index (χ0) is 23.4. The van der Waals surface area contributed by atoms with Crippen molar-refractivity contribution in [2.45, 2.75) is 32.7 Å². The maximum Gasteiger partial charge on any atom is 0.252 e. The number of primary amides is 1. The summed E-state index contributed by atoms with van der Waals surface area (Å²) in [6.07, 6.45) is 2.99. The number of nitrogens with two attached hydrogens (primary N) is 1. The summed E-state index contributed by atoms with van der Waals surface area (Å²) in [4.78, 5) is 34.8. The number of hydrogen-bond donors (Lipinski definition) is 3. The van der Waals surface area contributed by atoms with Crippen LogP contribution in [0.1, 0.15) is 47.8 Å². The van der Waals surface area contributed by atoms with E-state index in [1.165, 1.54) is 24.4 Å². The Morgan fingerprint density at radius 1 is 1.21 bits per heavy atom. The Bertz CT molecular complexity index is 1300. The molecule has 3 aromatic rings. The fourth-order valence-electron chi connectivity index (χ4n) is 4.00. The molecule has 1 saturated carbocycles. The van der Waals surface area contributed by atoms with Crippen LogP contribution in [-0.4, -0.2) is 38.6 Å². The summed E-state index contributed by atoms with van der Waals surface area (Å²) < 4.78 is 16.3. The van der Waals surface area contributed by atoms with Crippen LogP contribution in [0.3, 0.4) is 0 Å². The van der Waals surface area contributed by atoms with E-state index in [4.69, 9.17) is 5.73 Å². The van der Waals surface area contributed by atoms with Gasteiger partial charge in [-0.3, -0.25) is 9.59 Å². The Morgan fingerprint density at radius 3 is 2.67 bits per heavy atom. The number of amides is 2. The van der Waals surface area contributed by atoms with Crippen LogP contribution >= 0.6 is 0 Å². The first kappa shape index (κ1) is 20.9. The molecule has 2 aromatic heterocycles. The molecule has 1 aliphatic heterocycles. The topological polar surface area (TPSA) is 131 Å². The van der Waals surface area contributed by atoms with Crippen molar-refractivity contribution in [2.24, 2.45) is 11.7 Å². The second-order valence-corrected chi connectivity index (χ2v) is 8.40. The van der Waals surface area contributed by atoms with Gasteiger partial charge in [-0.05, 0) is 32.8 Å². The molecular formula is C22H23FN8O2. The quantitative estimate of drug-likeness (QED) is 0.545. The molecule has 0 spiro atoms. The molecule has 33 heavy (non-hydrogen) atoms. The molecule has 2 amide bonds. The molecule has 3 heterocycles. The average Bonchev–Trinajstić information content (AvgIpc) is 3.53. The van der Waals surface area contributed by atoms with Gasteiger partial charge in [0, 0.05) is 31.3 Å². The number of rotatable bonds is 5. The Kier molecular flexibility index (Phi) is 4.76. The minimum absolute atomic E-state index is 0.00951. The van der Waals surface area contributed by atoms with Crippen molar-refractivity contribution < 1.29 is 14.0 Å². The fraction of sp³-hybridized carbons (Fsp3) is 0.318. The van der Waals surface area contributed by atoms with Crippen molar-refractivity contribution in [3.05, 3.63) is 47.4 Å². The molecule has 0 bridgehead atoms. The number of aromatic nitrogens is 4. The fourth-order valence-corrected chi connectivity index (χ4v) is 4.00. The molecule has 1 aliphatic carbocycles. The zero-order valence-electron chi connectivity index (χ0n) is 18.4. The number of carbonyl (C=O) groups is 2. The maximum atomic E-state index is 14.7. The number of benzene rings is 1. The van der Waals surface area contributed by atoms with E-state index in [2.05, 4.69) is 25.7 Å². The van der Waals surface area contributed by atoms with Crippen LogP contribution < -0.4 is 21.3 Å². The first-order valence-corrected chi connectivity index (χ1v) is 10.6. The average molecular weight is 450 g/mol. The Labute approximate surface area is 189 Å². The Hall–Kier alpha value is -4.02. The van der Waals surface area contributed by atoms with Crippen LogP contribution in [0.4, 0.5) is 27.3 Å². The van der Waals surface area contributed by atoms with Gasteiger partial charge in [-0.1, -0.05) is 0 Å². The van der Waals surface area contributed by atoms with Crippen LogP contribution in [0.15, 0.2) is 24.4 Å². The van der Waals surface area contributed by atoms with Gasteiger partial charge in [-0.2, -0.15) is 5.10 Å². The van der Waals surface area contributed by atoms with Crippen LogP contribution in [0, 0.1) is 18.7 Å². The smallest absolute Gasteiger partial charge is 0.252 e. The number of pyridine rings is 1. The summed E-state index contributed by atoms with van der Waals surface area (Å²) in [6.45, 7) is 3.76. The third-order valence-corrected chi connectivity index (χ3v) is 5.97. The minimum Gasteiger partial charge on any atom is -0.365 e. The van der Waals surface area contributed by atoms with E-state index in [0.717, 1.165) is 12.8 Å². The van der Waals surface area contributed by atoms with Gasteiger partial charge in [0.25, 0.3) is 5.91 Å². The van der Waals surface area contributed by atoms with E-state index in [9.17, 15) is 14.0 Å². The lowest BCUT2D eigenvalue weighted by Gasteiger charge is -2.35. The van der Waals surface area contributed by atoms with Crippen LogP contribution in [0.25, 0.3) is 5.69 Å². The van der Waals surface area contributed by atoms with Crippen LogP contribution in [0.2, 0.25) is 0 Å². The van der Waals surface area contributed by atoms with E-state index in [1.54, 1.807) is 11.6 Å². The zero-order valence-corrected chi connectivity index (χ0v) is 18.4. The summed E-state index contributed by atoms with van der Waals surface area (Å²) >= 11 is 0. The summed E-state index contributed by atoms with van der Waals surface area (Å²) in [5, 5.41) is 10.3. The molecule has 1 aromatic carbocycles. The van der Waals surface area contributed by atoms with Crippen molar-refractivity contribution in [1.82, 2.24) is 19.7 Å². The van der Waals surface area contributed by atoms with Gasteiger partial charge in [0.1, 0.15) is 17.5 Å². The third-order valence-electron chi connectivity index (χ3n) is 5.97. The summed E-state index contributed by atoms with van der Waals surface area (Å²) in [7, 11) is 1.88. The van der Waals surface area contributed by atoms with Crippen molar-refractivity contribution >= 4 is 34.7 Å². The summed E-state index contributed by atoms with van der Waals surface area (Å²) in [5.74, 6) is 0.238. The molecule has 0 saturated heterocycles. The van der Waals surface area contributed by atoms with E-state index >= 15 is 0 Å². The molecule has 11 heteroatoms. The molecule has 1 fully saturated rings. The van der Waals surface area contributed by atoms with Crippen molar-refractivity contribution in [3.8, 4) is 5.69 Å². The third kappa shape index (κ3) is 3.65. The first-order valence-electron chi connectivity index (χ1n) is 10.6. The van der Waals surface area contributed by atoms with Gasteiger partial charge >= 0.3 is 0 Å². The van der Waals surface area contributed by atoms with E-state index in [-0.39, 0.29) is 29.2 Å². The highest BCUT2D eigenvalue weighted by Gasteiger charge is 2.32. The molecule has 5 rings (SSSR count). The van der Waals surface area contributed by atoms with Gasteiger partial charge < -0.3 is 21.3 Å². The molecule has 0 radical (unpaired) electrons. The number of halogens is 1. The van der Waals surface area contributed by atoms with Crippen molar-refractivity contribution in [2.75, 3.05) is 22.6 Å².